The summed E-state index contributed by atoms with van der Waals surface area (Å²) in [6, 6.07) is 2.98. The molecule has 1 aromatic carbocycles. The van der Waals surface area contributed by atoms with Gasteiger partial charge in [-0.15, -0.1) is 0 Å². The molecule has 1 aromatic rings. The van der Waals surface area contributed by atoms with Gasteiger partial charge in [0.05, 0.1) is 12.1 Å². The second-order valence-corrected chi connectivity index (χ2v) is 3.70. The highest BCUT2D eigenvalue weighted by Crippen LogP contribution is 2.28. The average molecular weight is 247 g/mol. The number of hydrogen-bond acceptors (Lipinski definition) is 2. The molecule has 0 heterocycles. The lowest BCUT2D eigenvalue weighted by atomic mass is 10.1. The first kappa shape index (κ1) is 12.8. The third kappa shape index (κ3) is 3.10. The average Bonchev–Trinajstić information content (AvgIpc) is 2.24. The number of ether oxygens (including phenoxy) is 1. The lowest BCUT2D eigenvalue weighted by Crippen LogP contribution is -2.00. The van der Waals surface area contributed by atoms with Crippen LogP contribution in [0.5, 0.6) is 5.75 Å². The molecule has 88 valence electrons. The third-order valence-corrected chi connectivity index (χ3v) is 2.48. The molecule has 1 rings (SSSR count). The second kappa shape index (κ2) is 5.70. The molecule has 0 saturated carbocycles. The van der Waals surface area contributed by atoms with Crippen LogP contribution in [0.25, 0.3) is 0 Å². The van der Waals surface area contributed by atoms with Crippen molar-refractivity contribution in [2.24, 2.45) is 0 Å². The minimum Gasteiger partial charge on any atom is -0.496 e. The monoisotopic (exact) mass is 246 g/mol. The summed E-state index contributed by atoms with van der Waals surface area (Å²) in [5.74, 6) is -1.04. The van der Waals surface area contributed by atoms with Gasteiger partial charge in [0.15, 0.2) is 0 Å². The van der Waals surface area contributed by atoms with Crippen LogP contribution >= 0.6 is 11.6 Å². The largest absolute Gasteiger partial charge is 0.496 e. The van der Waals surface area contributed by atoms with Gasteiger partial charge in [0.1, 0.15) is 11.6 Å². The summed E-state index contributed by atoms with van der Waals surface area (Å²) >= 11 is 5.64. The Kier molecular flexibility index (Phi) is 4.55. The van der Waals surface area contributed by atoms with E-state index in [-0.39, 0.29) is 11.4 Å². The first-order valence-electron chi connectivity index (χ1n) is 4.79. The van der Waals surface area contributed by atoms with Gasteiger partial charge in [0.2, 0.25) is 0 Å². The molecule has 16 heavy (non-hydrogen) atoms. The summed E-state index contributed by atoms with van der Waals surface area (Å²) in [5, 5.41) is 8.51. The fourth-order valence-corrected chi connectivity index (χ4v) is 1.59. The third-order valence-electron chi connectivity index (χ3n) is 2.19. The quantitative estimate of drug-likeness (QED) is 0.869. The zero-order valence-electron chi connectivity index (χ0n) is 8.80. The fourth-order valence-electron chi connectivity index (χ4n) is 1.42. The van der Waals surface area contributed by atoms with Gasteiger partial charge in [0, 0.05) is 12.0 Å². The zero-order chi connectivity index (χ0) is 12.1. The van der Waals surface area contributed by atoms with E-state index in [1.54, 1.807) is 6.07 Å². The van der Waals surface area contributed by atoms with E-state index in [1.165, 1.54) is 13.2 Å². The van der Waals surface area contributed by atoms with Crippen molar-refractivity contribution in [2.75, 3.05) is 7.11 Å². The maximum atomic E-state index is 13.6. The molecule has 3 nitrogen and oxygen atoms in total. The van der Waals surface area contributed by atoms with Crippen LogP contribution in [0, 0.1) is 5.82 Å². The van der Waals surface area contributed by atoms with Crippen molar-refractivity contribution in [1.82, 2.24) is 0 Å². The van der Waals surface area contributed by atoms with Crippen molar-refractivity contribution in [3.05, 3.63) is 28.5 Å². The van der Waals surface area contributed by atoms with Crippen molar-refractivity contribution in [2.45, 2.75) is 19.3 Å². The molecule has 5 heteroatoms. The van der Waals surface area contributed by atoms with E-state index in [4.69, 9.17) is 21.4 Å². The Bertz CT molecular complexity index is 393. The lowest BCUT2D eigenvalue weighted by Gasteiger charge is -2.09. The predicted octanol–water partition coefficient (Wildman–Crippen LogP) is 2.90. The summed E-state index contributed by atoms with van der Waals surface area (Å²) in [4.78, 5) is 10.3. The molecule has 0 atom stereocenters. The molecule has 0 radical (unpaired) electrons. The highest BCUT2D eigenvalue weighted by Gasteiger charge is 2.13. The predicted molar refractivity (Wildman–Crippen MR) is 58.5 cm³/mol. The second-order valence-electron chi connectivity index (χ2n) is 3.29. The standard InChI is InChI=1S/C11H12ClFO3/c1-16-9-6-5-8(12)11(13)7(9)3-2-4-10(14)15/h5-6H,2-4H2,1H3,(H,14,15). The molecule has 0 bridgehead atoms. The molecule has 0 saturated heterocycles. The maximum absolute atomic E-state index is 13.6. The molecular formula is C11H12ClFO3. The van der Waals surface area contributed by atoms with E-state index in [0.717, 1.165) is 0 Å². The molecular weight excluding hydrogens is 235 g/mol. The van der Waals surface area contributed by atoms with Crippen LogP contribution in [0.2, 0.25) is 5.02 Å². The molecule has 0 aliphatic rings. The number of rotatable bonds is 5. The molecule has 0 fully saturated rings. The van der Waals surface area contributed by atoms with E-state index in [0.29, 0.717) is 24.2 Å². The summed E-state index contributed by atoms with van der Waals surface area (Å²) in [6.45, 7) is 0. The number of carboxylic acid groups (broad SMARTS) is 1. The molecule has 0 aliphatic carbocycles. The van der Waals surface area contributed by atoms with E-state index in [2.05, 4.69) is 0 Å². The van der Waals surface area contributed by atoms with Gasteiger partial charge in [-0.25, -0.2) is 4.39 Å². The van der Waals surface area contributed by atoms with Gasteiger partial charge in [-0.1, -0.05) is 11.6 Å². The number of benzene rings is 1. The Morgan fingerprint density at radius 2 is 2.25 bits per heavy atom. The van der Waals surface area contributed by atoms with Crippen LogP contribution in [0.1, 0.15) is 18.4 Å². The van der Waals surface area contributed by atoms with E-state index >= 15 is 0 Å². The first-order valence-corrected chi connectivity index (χ1v) is 5.16. The van der Waals surface area contributed by atoms with E-state index in [9.17, 15) is 9.18 Å². The minimum absolute atomic E-state index is 0.00485. The van der Waals surface area contributed by atoms with Crippen LogP contribution in [0.15, 0.2) is 12.1 Å². The highest BCUT2D eigenvalue weighted by atomic mass is 35.5. The van der Waals surface area contributed by atoms with Gasteiger partial charge in [0.25, 0.3) is 0 Å². The molecule has 0 amide bonds. The van der Waals surface area contributed by atoms with E-state index < -0.39 is 11.8 Å². The maximum Gasteiger partial charge on any atom is 0.303 e. The normalized spacial score (nSPS) is 10.2. The number of halogens is 2. The van der Waals surface area contributed by atoms with Gasteiger partial charge in [-0.2, -0.15) is 0 Å². The number of methoxy groups -OCH3 is 1. The van der Waals surface area contributed by atoms with Gasteiger partial charge < -0.3 is 9.84 Å². The van der Waals surface area contributed by atoms with Gasteiger partial charge in [-0.3, -0.25) is 4.79 Å². The molecule has 0 spiro atoms. The number of carbonyl (C=O) groups is 1. The number of hydrogen-bond donors (Lipinski definition) is 1. The Balaban J connectivity index is 2.83. The van der Waals surface area contributed by atoms with Crippen LogP contribution < -0.4 is 4.74 Å². The first-order chi connectivity index (χ1) is 7.56. The van der Waals surface area contributed by atoms with Crippen molar-refractivity contribution >= 4 is 17.6 Å². The van der Waals surface area contributed by atoms with E-state index in [1.807, 2.05) is 0 Å². The lowest BCUT2D eigenvalue weighted by molar-refractivity contribution is -0.137. The molecule has 0 unspecified atom stereocenters. The van der Waals surface area contributed by atoms with Crippen LogP contribution in [0.3, 0.4) is 0 Å². The SMILES string of the molecule is COc1ccc(Cl)c(F)c1CCCC(=O)O. The summed E-state index contributed by atoms with van der Waals surface area (Å²) in [7, 11) is 1.43. The summed E-state index contributed by atoms with van der Waals surface area (Å²) < 4.78 is 18.6. The van der Waals surface area contributed by atoms with Crippen molar-refractivity contribution in [3.63, 3.8) is 0 Å². The summed E-state index contributed by atoms with van der Waals surface area (Å²) in [6.07, 6.45) is 0.639. The van der Waals surface area contributed by atoms with Crippen molar-refractivity contribution in [3.8, 4) is 5.75 Å². The Morgan fingerprint density at radius 1 is 1.56 bits per heavy atom. The highest BCUT2D eigenvalue weighted by molar-refractivity contribution is 6.30. The van der Waals surface area contributed by atoms with Gasteiger partial charge >= 0.3 is 5.97 Å². The smallest absolute Gasteiger partial charge is 0.303 e. The number of carboxylic acids is 1. The Labute approximate surface area is 97.8 Å². The van der Waals surface area contributed by atoms with Gasteiger partial charge in [-0.05, 0) is 25.0 Å². The van der Waals surface area contributed by atoms with Crippen molar-refractivity contribution < 1.29 is 19.0 Å². The molecule has 0 aliphatic heterocycles. The van der Waals surface area contributed by atoms with Crippen LogP contribution in [-0.2, 0) is 11.2 Å². The fraction of sp³-hybridized carbons (Fsp3) is 0.364. The summed E-state index contributed by atoms with van der Waals surface area (Å²) in [5.41, 5.74) is 0.330. The molecule has 0 aromatic heterocycles. The minimum atomic E-state index is -0.901. The zero-order valence-corrected chi connectivity index (χ0v) is 9.55. The Morgan fingerprint density at radius 3 is 2.81 bits per heavy atom. The van der Waals surface area contributed by atoms with Crippen molar-refractivity contribution in [1.29, 1.82) is 0 Å². The topological polar surface area (TPSA) is 46.5 Å². The number of aliphatic carboxylic acids is 1. The Hall–Kier alpha value is -1.29. The van der Waals surface area contributed by atoms with Crippen LogP contribution in [-0.4, -0.2) is 18.2 Å². The van der Waals surface area contributed by atoms with Crippen LogP contribution in [0.4, 0.5) is 4.39 Å². The molecule has 1 N–H and O–H groups in total.